The fraction of sp³-hybridized carbons (Fsp3) is 0.280. The molecule has 0 radical (unpaired) electrons. The molecule has 8 heteroatoms. The number of phenols is 3. The SMILES string of the molecule is CCOc1ccc(C2Oc3cc(O)cc(O)c3CC2O)cc1OCc1ccc(O)c(OC)c1. The highest BCUT2D eigenvalue weighted by molar-refractivity contribution is 5.52. The number of methoxy groups -OCH3 is 1. The van der Waals surface area contributed by atoms with E-state index in [-0.39, 0.29) is 30.3 Å². The van der Waals surface area contributed by atoms with Gasteiger partial charge in [0.05, 0.1) is 19.8 Å². The van der Waals surface area contributed by atoms with Crippen LogP contribution in [0.4, 0.5) is 0 Å². The lowest BCUT2D eigenvalue weighted by Gasteiger charge is -2.31. The summed E-state index contributed by atoms with van der Waals surface area (Å²) in [6.45, 7) is 2.50. The first-order chi connectivity index (χ1) is 15.9. The maximum absolute atomic E-state index is 10.7. The Kier molecular flexibility index (Phi) is 6.37. The normalized spacial score (nSPS) is 17.1. The van der Waals surface area contributed by atoms with Gasteiger partial charge >= 0.3 is 0 Å². The summed E-state index contributed by atoms with van der Waals surface area (Å²) in [6, 6.07) is 12.8. The van der Waals surface area contributed by atoms with Gasteiger partial charge in [-0.15, -0.1) is 0 Å². The molecule has 2 atom stereocenters. The van der Waals surface area contributed by atoms with Crippen LogP contribution in [0.25, 0.3) is 0 Å². The molecule has 4 rings (SSSR count). The summed E-state index contributed by atoms with van der Waals surface area (Å²) in [6.07, 6.45) is -1.48. The maximum atomic E-state index is 10.7. The second-order valence-corrected chi connectivity index (χ2v) is 7.69. The minimum absolute atomic E-state index is 0.0408. The van der Waals surface area contributed by atoms with Gasteiger partial charge in [0.1, 0.15) is 30.0 Å². The molecule has 3 aromatic rings. The number of aliphatic hydroxyl groups excluding tert-OH is 1. The van der Waals surface area contributed by atoms with Crippen molar-refractivity contribution in [2.24, 2.45) is 0 Å². The van der Waals surface area contributed by atoms with Gasteiger partial charge in [-0.3, -0.25) is 0 Å². The number of rotatable bonds is 7. The first-order valence-corrected chi connectivity index (χ1v) is 10.5. The van der Waals surface area contributed by atoms with Crippen LogP contribution in [0.5, 0.6) is 40.2 Å². The van der Waals surface area contributed by atoms with Crippen LogP contribution >= 0.6 is 0 Å². The average Bonchev–Trinajstić information content (AvgIpc) is 2.79. The van der Waals surface area contributed by atoms with Crippen molar-refractivity contribution in [3.63, 3.8) is 0 Å². The number of fused-ring (bicyclic) bond motifs is 1. The van der Waals surface area contributed by atoms with E-state index < -0.39 is 12.2 Å². The molecule has 3 aromatic carbocycles. The number of hydrogen-bond donors (Lipinski definition) is 4. The molecule has 0 fully saturated rings. The number of ether oxygens (including phenoxy) is 4. The van der Waals surface area contributed by atoms with Gasteiger partial charge in [0.2, 0.25) is 0 Å². The zero-order chi connectivity index (χ0) is 23.5. The molecule has 174 valence electrons. The maximum Gasteiger partial charge on any atom is 0.162 e. The molecule has 1 aliphatic heterocycles. The predicted molar refractivity (Wildman–Crippen MR) is 119 cm³/mol. The van der Waals surface area contributed by atoms with Crippen molar-refractivity contribution in [2.75, 3.05) is 13.7 Å². The smallest absolute Gasteiger partial charge is 0.162 e. The summed E-state index contributed by atoms with van der Waals surface area (Å²) < 4.78 is 22.8. The highest BCUT2D eigenvalue weighted by atomic mass is 16.5. The van der Waals surface area contributed by atoms with Crippen molar-refractivity contribution in [3.8, 4) is 40.2 Å². The van der Waals surface area contributed by atoms with Crippen LogP contribution in [0.2, 0.25) is 0 Å². The average molecular weight is 454 g/mol. The molecule has 1 heterocycles. The minimum atomic E-state index is -0.917. The van der Waals surface area contributed by atoms with Crippen molar-refractivity contribution >= 4 is 0 Å². The summed E-state index contributed by atoms with van der Waals surface area (Å²) in [5.74, 6) is 1.45. The van der Waals surface area contributed by atoms with Crippen LogP contribution in [-0.2, 0) is 13.0 Å². The van der Waals surface area contributed by atoms with E-state index in [1.54, 1.807) is 30.3 Å². The molecule has 33 heavy (non-hydrogen) atoms. The van der Waals surface area contributed by atoms with Gasteiger partial charge in [-0.2, -0.15) is 0 Å². The van der Waals surface area contributed by atoms with Gasteiger partial charge in [-0.25, -0.2) is 0 Å². The van der Waals surface area contributed by atoms with E-state index in [2.05, 4.69) is 0 Å². The first-order valence-electron chi connectivity index (χ1n) is 10.5. The lowest BCUT2D eigenvalue weighted by Crippen LogP contribution is -2.30. The van der Waals surface area contributed by atoms with Crippen molar-refractivity contribution in [1.29, 1.82) is 0 Å². The minimum Gasteiger partial charge on any atom is -0.508 e. The molecule has 0 saturated carbocycles. The lowest BCUT2D eigenvalue weighted by molar-refractivity contribution is 0.0196. The second kappa shape index (κ2) is 9.38. The van der Waals surface area contributed by atoms with Crippen molar-refractivity contribution in [2.45, 2.75) is 32.2 Å². The number of hydrogen-bond acceptors (Lipinski definition) is 8. The quantitative estimate of drug-likeness (QED) is 0.426. The van der Waals surface area contributed by atoms with Gasteiger partial charge in [-0.1, -0.05) is 12.1 Å². The number of aromatic hydroxyl groups is 3. The van der Waals surface area contributed by atoms with Gasteiger partial charge < -0.3 is 39.4 Å². The van der Waals surface area contributed by atoms with E-state index in [9.17, 15) is 20.4 Å². The Labute approximate surface area is 191 Å². The molecule has 2 unspecified atom stereocenters. The number of benzene rings is 3. The largest absolute Gasteiger partial charge is 0.508 e. The third kappa shape index (κ3) is 4.70. The topological polar surface area (TPSA) is 118 Å². The molecule has 0 amide bonds. The van der Waals surface area contributed by atoms with E-state index >= 15 is 0 Å². The monoisotopic (exact) mass is 454 g/mol. The summed E-state index contributed by atoms with van der Waals surface area (Å²) in [5.41, 5.74) is 1.88. The van der Waals surface area contributed by atoms with Gasteiger partial charge in [0, 0.05) is 24.1 Å². The Balaban J connectivity index is 1.60. The molecule has 4 N–H and O–H groups in total. The number of aliphatic hydroxyl groups is 1. The molecule has 0 spiro atoms. The van der Waals surface area contributed by atoms with Crippen LogP contribution in [0.15, 0.2) is 48.5 Å². The van der Waals surface area contributed by atoms with E-state index in [0.29, 0.717) is 40.7 Å². The van der Waals surface area contributed by atoms with E-state index in [1.165, 1.54) is 25.3 Å². The molecular weight excluding hydrogens is 428 g/mol. The Bertz CT molecular complexity index is 1140. The first kappa shape index (κ1) is 22.4. The van der Waals surface area contributed by atoms with Crippen molar-refractivity contribution < 1.29 is 39.4 Å². The molecule has 8 nitrogen and oxygen atoms in total. The van der Waals surface area contributed by atoms with Crippen molar-refractivity contribution in [1.82, 2.24) is 0 Å². The third-order valence-corrected chi connectivity index (χ3v) is 5.42. The van der Waals surface area contributed by atoms with Crippen LogP contribution in [0.1, 0.15) is 29.7 Å². The van der Waals surface area contributed by atoms with Crippen LogP contribution in [-0.4, -0.2) is 40.2 Å². The second-order valence-electron chi connectivity index (χ2n) is 7.69. The standard InChI is InChI=1S/C25H26O8/c1-3-31-21-7-5-15(9-24(21)32-13-14-4-6-18(27)23(8-14)30-2)25-20(29)12-17-19(28)10-16(26)11-22(17)33-25/h4-11,20,25-29H,3,12-13H2,1-2H3. The molecular formula is C25H26O8. The summed E-state index contributed by atoms with van der Waals surface area (Å²) >= 11 is 0. The Morgan fingerprint density at radius 3 is 2.48 bits per heavy atom. The zero-order valence-corrected chi connectivity index (χ0v) is 18.3. The molecule has 0 aliphatic carbocycles. The van der Waals surface area contributed by atoms with Crippen LogP contribution in [0.3, 0.4) is 0 Å². The van der Waals surface area contributed by atoms with Crippen LogP contribution in [0, 0.1) is 0 Å². The van der Waals surface area contributed by atoms with Crippen molar-refractivity contribution in [3.05, 3.63) is 65.2 Å². The van der Waals surface area contributed by atoms with E-state index in [1.807, 2.05) is 6.92 Å². The van der Waals surface area contributed by atoms with Crippen LogP contribution < -0.4 is 18.9 Å². The Morgan fingerprint density at radius 1 is 0.909 bits per heavy atom. The van der Waals surface area contributed by atoms with Gasteiger partial charge in [0.25, 0.3) is 0 Å². The molecule has 0 bridgehead atoms. The number of phenolic OH excluding ortho intramolecular Hbond substituents is 3. The fourth-order valence-electron chi connectivity index (χ4n) is 3.81. The molecule has 0 aromatic heterocycles. The van der Waals surface area contributed by atoms with Gasteiger partial charge in [-0.05, 0) is 42.3 Å². The van der Waals surface area contributed by atoms with E-state index in [0.717, 1.165) is 5.56 Å². The fourth-order valence-corrected chi connectivity index (χ4v) is 3.81. The summed E-state index contributed by atoms with van der Waals surface area (Å²) in [7, 11) is 1.48. The predicted octanol–water partition coefficient (Wildman–Crippen LogP) is 3.83. The molecule has 0 saturated heterocycles. The third-order valence-electron chi connectivity index (χ3n) is 5.42. The lowest BCUT2D eigenvalue weighted by atomic mass is 9.94. The highest BCUT2D eigenvalue weighted by Gasteiger charge is 2.32. The Morgan fingerprint density at radius 2 is 1.73 bits per heavy atom. The molecule has 1 aliphatic rings. The Hall–Kier alpha value is -3.78. The summed E-state index contributed by atoms with van der Waals surface area (Å²) in [4.78, 5) is 0. The summed E-state index contributed by atoms with van der Waals surface area (Å²) in [5, 5.41) is 40.4. The van der Waals surface area contributed by atoms with Gasteiger partial charge in [0.15, 0.2) is 23.0 Å². The highest BCUT2D eigenvalue weighted by Crippen LogP contribution is 2.43. The zero-order valence-electron chi connectivity index (χ0n) is 18.3. The van der Waals surface area contributed by atoms with E-state index in [4.69, 9.17) is 18.9 Å².